The lowest BCUT2D eigenvalue weighted by molar-refractivity contribution is 0.399. The number of hydrogen-bond acceptors (Lipinski definition) is 2. The summed E-state index contributed by atoms with van der Waals surface area (Å²) < 4.78 is 0. The topological polar surface area (TPSA) is 46.2 Å². The zero-order valence-corrected chi connectivity index (χ0v) is 16.6. The zero-order valence-electron chi connectivity index (χ0n) is 16.6. The van der Waals surface area contributed by atoms with Gasteiger partial charge in [-0.1, -0.05) is 77.1 Å². The van der Waals surface area contributed by atoms with E-state index in [0.717, 1.165) is 7.11 Å². The molecule has 0 radical (unpaired) electrons. The van der Waals surface area contributed by atoms with E-state index in [1.807, 2.05) is 13.8 Å². The maximum absolute atomic E-state index is 7.00. The summed E-state index contributed by atoms with van der Waals surface area (Å²) in [5, 5.41) is 7.00. The van der Waals surface area contributed by atoms with Crippen molar-refractivity contribution in [3.05, 3.63) is 35.4 Å². The van der Waals surface area contributed by atoms with Crippen LogP contribution < -0.4 is 5.73 Å². The summed E-state index contributed by atoms with van der Waals surface area (Å²) in [4.78, 5) is 0. The number of aliphatic hydroxyl groups excluding tert-OH is 1. The highest BCUT2D eigenvalue weighted by molar-refractivity contribution is 5.26. The van der Waals surface area contributed by atoms with Crippen LogP contribution in [-0.2, 0) is 6.42 Å². The minimum absolute atomic E-state index is 0.433. The standard InChI is InChI=1S/C19H31N.C2H6.CH4O/c1-2-3-4-5-6-7-8-16-9-11-17(12-10-16)18-13-14-19(20)15-18;2*1-2/h9-12,18-19H,2-8,13-15,20H2,1H3;1-2H3;2H,1H3/t18-,19?;;/m1../s1. The Bertz CT molecular complexity index is 374. The molecule has 3 N–H and O–H groups in total. The lowest BCUT2D eigenvalue weighted by Crippen LogP contribution is -2.14. The molecule has 24 heavy (non-hydrogen) atoms. The van der Waals surface area contributed by atoms with Crippen LogP contribution >= 0.6 is 0 Å². The number of nitrogens with two attached hydrogens (primary N) is 1. The zero-order chi connectivity index (χ0) is 18.2. The lowest BCUT2D eigenvalue weighted by Gasteiger charge is -2.11. The molecule has 1 aliphatic rings. The second-order valence-corrected chi connectivity index (χ2v) is 6.53. The number of rotatable bonds is 8. The predicted octanol–water partition coefficient (Wildman–Crippen LogP) is 5.82. The minimum Gasteiger partial charge on any atom is -0.400 e. The Morgan fingerprint density at radius 3 is 2.04 bits per heavy atom. The second-order valence-electron chi connectivity index (χ2n) is 6.53. The monoisotopic (exact) mass is 335 g/mol. The third-order valence-corrected chi connectivity index (χ3v) is 4.74. The Morgan fingerprint density at radius 1 is 0.917 bits per heavy atom. The summed E-state index contributed by atoms with van der Waals surface area (Å²) in [5.74, 6) is 0.716. The molecule has 2 atom stereocenters. The highest BCUT2D eigenvalue weighted by Crippen LogP contribution is 2.33. The Balaban J connectivity index is 0.00000123. The van der Waals surface area contributed by atoms with Gasteiger partial charge in [-0.05, 0) is 49.1 Å². The molecule has 140 valence electrons. The van der Waals surface area contributed by atoms with Crippen LogP contribution in [0.2, 0.25) is 0 Å². The number of aliphatic hydroxyl groups is 1. The first-order valence-corrected chi connectivity index (χ1v) is 10.1. The smallest absolute Gasteiger partial charge is 0.0319 e. The van der Waals surface area contributed by atoms with E-state index in [4.69, 9.17) is 10.8 Å². The van der Waals surface area contributed by atoms with Crippen LogP contribution in [0.5, 0.6) is 0 Å². The maximum Gasteiger partial charge on any atom is 0.0319 e. The molecule has 1 unspecified atom stereocenters. The third kappa shape index (κ3) is 9.44. The van der Waals surface area contributed by atoms with Crippen molar-refractivity contribution < 1.29 is 5.11 Å². The molecular formula is C22H41NO. The van der Waals surface area contributed by atoms with Gasteiger partial charge in [-0.2, -0.15) is 0 Å². The highest BCUT2D eigenvalue weighted by Gasteiger charge is 2.22. The Labute approximate surface area is 150 Å². The maximum atomic E-state index is 7.00. The van der Waals surface area contributed by atoms with E-state index in [0.29, 0.717) is 12.0 Å². The SMILES string of the molecule is CC.CCCCCCCCc1ccc([C@@H]2CCC(N)C2)cc1.CO. The average Bonchev–Trinajstić information content (AvgIpc) is 3.08. The molecule has 0 spiro atoms. The van der Waals surface area contributed by atoms with Crippen molar-refractivity contribution in [2.24, 2.45) is 5.73 Å². The molecule has 0 bridgehead atoms. The van der Waals surface area contributed by atoms with E-state index < -0.39 is 0 Å². The van der Waals surface area contributed by atoms with Crippen molar-refractivity contribution in [1.29, 1.82) is 0 Å². The molecule has 1 saturated carbocycles. The van der Waals surface area contributed by atoms with Gasteiger partial charge in [0.05, 0.1) is 0 Å². The normalized spacial score (nSPS) is 19.1. The summed E-state index contributed by atoms with van der Waals surface area (Å²) in [6.07, 6.45) is 13.2. The molecule has 2 rings (SSSR count). The van der Waals surface area contributed by atoms with E-state index in [2.05, 4.69) is 31.2 Å². The van der Waals surface area contributed by atoms with Crippen molar-refractivity contribution in [2.45, 2.75) is 96.9 Å². The number of hydrogen-bond donors (Lipinski definition) is 2. The summed E-state index contributed by atoms with van der Waals surface area (Å²) in [7, 11) is 1.00. The van der Waals surface area contributed by atoms with Gasteiger partial charge < -0.3 is 10.8 Å². The van der Waals surface area contributed by atoms with Crippen LogP contribution in [0.4, 0.5) is 0 Å². The van der Waals surface area contributed by atoms with Crippen molar-refractivity contribution in [3.8, 4) is 0 Å². The molecule has 0 saturated heterocycles. The predicted molar refractivity (Wildman–Crippen MR) is 108 cm³/mol. The van der Waals surface area contributed by atoms with Crippen LogP contribution in [0.3, 0.4) is 0 Å². The van der Waals surface area contributed by atoms with Gasteiger partial charge in [-0.25, -0.2) is 0 Å². The van der Waals surface area contributed by atoms with Crippen LogP contribution in [0.15, 0.2) is 24.3 Å². The van der Waals surface area contributed by atoms with E-state index in [-0.39, 0.29) is 0 Å². The molecule has 0 heterocycles. The van der Waals surface area contributed by atoms with Gasteiger partial charge in [0, 0.05) is 13.2 Å². The Hall–Kier alpha value is -0.860. The molecular weight excluding hydrogens is 294 g/mol. The first-order chi connectivity index (χ1) is 11.8. The largest absolute Gasteiger partial charge is 0.400 e. The van der Waals surface area contributed by atoms with Crippen LogP contribution in [0.1, 0.15) is 95.6 Å². The van der Waals surface area contributed by atoms with Crippen molar-refractivity contribution in [3.63, 3.8) is 0 Å². The van der Waals surface area contributed by atoms with Crippen molar-refractivity contribution in [1.82, 2.24) is 0 Å². The Kier molecular flexibility index (Phi) is 15.1. The first-order valence-electron chi connectivity index (χ1n) is 10.1. The molecule has 2 nitrogen and oxygen atoms in total. The minimum atomic E-state index is 0.433. The fourth-order valence-electron chi connectivity index (χ4n) is 3.39. The summed E-state index contributed by atoms with van der Waals surface area (Å²) >= 11 is 0. The molecule has 1 aliphatic carbocycles. The molecule has 1 fully saturated rings. The lowest BCUT2D eigenvalue weighted by atomic mass is 9.95. The molecule has 2 heteroatoms. The fraction of sp³-hybridized carbons (Fsp3) is 0.727. The van der Waals surface area contributed by atoms with Crippen molar-refractivity contribution >= 4 is 0 Å². The molecule has 1 aromatic rings. The van der Waals surface area contributed by atoms with Crippen molar-refractivity contribution in [2.75, 3.05) is 7.11 Å². The van der Waals surface area contributed by atoms with Gasteiger partial charge >= 0.3 is 0 Å². The molecule has 0 amide bonds. The second kappa shape index (κ2) is 15.7. The molecule has 1 aromatic carbocycles. The van der Waals surface area contributed by atoms with Crippen LogP contribution in [0, 0.1) is 0 Å². The third-order valence-electron chi connectivity index (χ3n) is 4.74. The van der Waals surface area contributed by atoms with Crippen LogP contribution in [-0.4, -0.2) is 18.3 Å². The summed E-state index contributed by atoms with van der Waals surface area (Å²) in [6, 6.07) is 9.79. The van der Waals surface area contributed by atoms with Gasteiger partial charge in [0.2, 0.25) is 0 Å². The van der Waals surface area contributed by atoms with Gasteiger partial charge in [-0.15, -0.1) is 0 Å². The quantitative estimate of drug-likeness (QED) is 0.588. The highest BCUT2D eigenvalue weighted by atomic mass is 16.2. The molecule has 0 aliphatic heterocycles. The van der Waals surface area contributed by atoms with E-state index in [9.17, 15) is 0 Å². The van der Waals surface area contributed by atoms with Gasteiger partial charge in [0.15, 0.2) is 0 Å². The Morgan fingerprint density at radius 2 is 1.50 bits per heavy atom. The number of aryl methyl sites for hydroxylation is 1. The number of benzene rings is 1. The molecule has 0 aromatic heterocycles. The van der Waals surface area contributed by atoms with E-state index >= 15 is 0 Å². The summed E-state index contributed by atoms with van der Waals surface area (Å²) in [6.45, 7) is 6.28. The number of unbranched alkanes of at least 4 members (excludes halogenated alkanes) is 5. The summed E-state index contributed by atoms with van der Waals surface area (Å²) in [5.41, 5.74) is 9.02. The van der Waals surface area contributed by atoms with Gasteiger partial charge in [0.1, 0.15) is 0 Å². The van der Waals surface area contributed by atoms with Crippen LogP contribution in [0.25, 0.3) is 0 Å². The van der Waals surface area contributed by atoms with E-state index in [1.165, 1.54) is 75.3 Å². The van der Waals surface area contributed by atoms with Gasteiger partial charge in [0.25, 0.3) is 0 Å². The van der Waals surface area contributed by atoms with Gasteiger partial charge in [-0.3, -0.25) is 0 Å². The first kappa shape index (κ1) is 23.1. The van der Waals surface area contributed by atoms with E-state index in [1.54, 1.807) is 0 Å². The fourth-order valence-corrected chi connectivity index (χ4v) is 3.39. The average molecular weight is 336 g/mol.